The number of ether oxygens (including phenoxy) is 1. The van der Waals surface area contributed by atoms with Crippen LogP contribution in [0.4, 0.5) is 0 Å². The summed E-state index contributed by atoms with van der Waals surface area (Å²) in [5.74, 6) is 0.933. The molecule has 102 valence electrons. The van der Waals surface area contributed by atoms with Gasteiger partial charge < -0.3 is 10.1 Å². The molecule has 1 unspecified atom stereocenters. The summed E-state index contributed by atoms with van der Waals surface area (Å²) >= 11 is 1.73. The summed E-state index contributed by atoms with van der Waals surface area (Å²) in [4.78, 5) is 1.28. The van der Waals surface area contributed by atoms with Crippen molar-refractivity contribution in [2.24, 2.45) is 0 Å². The molecular weight excluding hydrogens is 254 g/mol. The number of rotatable bonds is 6. The largest absolute Gasteiger partial charge is 0.496 e. The highest BCUT2D eigenvalue weighted by Crippen LogP contribution is 2.30. The Hall–Kier alpha value is -1.32. The molecule has 2 aromatic rings. The first kappa shape index (κ1) is 14.1. The monoisotopic (exact) mass is 275 g/mol. The lowest BCUT2D eigenvalue weighted by molar-refractivity contribution is 0.416. The van der Waals surface area contributed by atoms with Gasteiger partial charge in [0.25, 0.3) is 0 Å². The molecule has 0 aliphatic heterocycles. The smallest absolute Gasteiger partial charge is 0.129 e. The first-order valence-electron chi connectivity index (χ1n) is 6.67. The fraction of sp³-hybridized carbons (Fsp3) is 0.375. The Morgan fingerprint density at radius 1 is 1.26 bits per heavy atom. The molecular formula is C16H21NOS. The summed E-state index contributed by atoms with van der Waals surface area (Å²) in [6, 6.07) is 11.2. The Morgan fingerprint density at radius 3 is 2.53 bits per heavy atom. The van der Waals surface area contributed by atoms with Crippen LogP contribution >= 0.6 is 11.3 Å². The highest BCUT2D eigenvalue weighted by atomic mass is 32.1. The highest BCUT2D eigenvalue weighted by Gasteiger charge is 2.14. The summed E-state index contributed by atoms with van der Waals surface area (Å²) in [6.07, 6.45) is 2.34. The van der Waals surface area contributed by atoms with E-state index in [9.17, 15) is 0 Å². The van der Waals surface area contributed by atoms with Crippen molar-refractivity contribution in [3.05, 3.63) is 51.7 Å². The second kappa shape index (κ2) is 6.73. The van der Waals surface area contributed by atoms with Gasteiger partial charge in [0.05, 0.1) is 13.2 Å². The van der Waals surface area contributed by atoms with Gasteiger partial charge in [-0.25, -0.2) is 0 Å². The molecule has 2 nitrogen and oxygen atoms in total. The number of aryl methyl sites for hydroxylation is 1. The zero-order chi connectivity index (χ0) is 13.7. The number of hydrogen-bond donors (Lipinski definition) is 1. The van der Waals surface area contributed by atoms with Crippen molar-refractivity contribution in [2.75, 3.05) is 14.2 Å². The van der Waals surface area contributed by atoms with Gasteiger partial charge in [-0.2, -0.15) is 0 Å². The molecule has 1 aromatic carbocycles. The van der Waals surface area contributed by atoms with E-state index in [0.717, 1.165) is 12.2 Å². The molecule has 1 heterocycles. The molecule has 0 spiro atoms. The molecule has 1 atom stereocenters. The normalized spacial score (nSPS) is 12.4. The van der Waals surface area contributed by atoms with E-state index in [4.69, 9.17) is 4.74 Å². The van der Waals surface area contributed by atoms with Gasteiger partial charge in [0, 0.05) is 10.3 Å². The van der Waals surface area contributed by atoms with E-state index in [2.05, 4.69) is 42.6 Å². The van der Waals surface area contributed by atoms with Gasteiger partial charge in [0.15, 0.2) is 0 Å². The fourth-order valence-electron chi connectivity index (χ4n) is 2.23. The summed E-state index contributed by atoms with van der Waals surface area (Å²) in [6.45, 7) is 2.21. The maximum atomic E-state index is 5.26. The van der Waals surface area contributed by atoms with Crippen LogP contribution < -0.4 is 10.1 Å². The lowest BCUT2D eigenvalue weighted by Crippen LogP contribution is -2.16. The molecule has 1 N–H and O–H groups in total. The molecule has 3 heteroatoms. The van der Waals surface area contributed by atoms with Crippen molar-refractivity contribution in [3.8, 4) is 5.75 Å². The molecule has 0 saturated carbocycles. The quantitative estimate of drug-likeness (QED) is 0.860. The molecule has 0 aliphatic rings. The van der Waals surface area contributed by atoms with Crippen molar-refractivity contribution >= 4 is 11.3 Å². The average Bonchev–Trinajstić information content (AvgIpc) is 2.91. The Morgan fingerprint density at radius 2 is 2.00 bits per heavy atom. The van der Waals surface area contributed by atoms with Gasteiger partial charge >= 0.3 is 0 Å². The van der Waals surface area contributed by atoms with Crippen LogP contribution in [0.25, 0.3) is 0 Å². The molecule has 1 aromatic heterocycles. The number of benzene rings is 1. The molecule has 0 amide bonds. The third-order valence-electron chi connectivity index (χ3n) is 3.26. The van der Waals surface area contributed by atoms with Gasteiger partial charge in [-0.3, -0.25) is 0 Å². The van der Waals surface area contributed by atoms with Crippen molar-refractivity contribution in [1.82, 2.24) is 5.32 Å². The maximum Gasteiger partial charge on any atom is 0.129 e. The summed E-state index contributed by atoms with van der Waals surface area (Å²) in [5, 5.41) is 5.43. The zero-order valence-electron chi connectivity index (χ0n) is 11.8. The van der Waals surface area contributed by atoms with Crippen molar-refractivity contribution in [2.45, 2.75) is 25.8 Å². The van der Waals surface area contributed by atoms with E-state index in [0.29, 0.717) is 0 Å². The third-order valence-corrected chi connectivity index (χ3v) is 4.23. The van der Waals surface area contributed by atoms with Crippen LogP contribution in [0, 0.1) is 0 Å². The summed E-state index contributed by atoms with van der Waals surface area (Å²) in [7, 11) is 3.70. The summed E-state index contributed by atoms with van der Waals surface area (Å²) in [5.41, 5.74) is 2.71. The minimum absolute atomic E-state index is 0.240. The first-order valence-corrected chi connectivity index (χ1v) is 7.55. The lowest BCUT2D eigenvalue weighted by Gasteiger charge is -2.15. The minimum Gasteiger partial charge on any atom is -0.496 e. The Kier molecular flexibility index (Phi) is 5.00. The van der Waals surface area contributed by atoms with Crippen LogP contribution in [0.5, 0.6) is 5.75 Å². The number of nitrogens with one attached hydrogen (secondary N) is 1. The number of hydrogen-bond acceptors (Lipinski definition) is 3. The van der Waals surface area contributed by atoms with Crippen LogP contribution in [0.3, 0.4) is 0 Å². The van der Waals surface area contributed by atoms with Crippen molar-refractivity contribution in [3.63, 3.8) is 0 Å². The number of thiophene rings is 1. The molecule has 19 heavy (non-hydrogen) atoms. The van der Waals surface area contributed by atoms with Crippen LogP contribution in [-0.2, 0) is 6.42 Å². The predicted molar refractivity (Wildman–Crippen MR) is 82.2 cm³/mol. The van der Waals surface area contributed by atoms with Crippen LogP contribution in [0.15, 0.2) is 35.7 Å². The molecule has 0 saturated heterocycles. The number of methoxy groups -OCH3 is 1. The van der Waals surface area contributed by atoms with E-state index < -0.39 is 0 Å². The topological polar surface area (TPSA) is 21.3 Å². The van der Waals surface area contributed by atoms with E-state index in [1.807, 2.05) is 12.4 Å². The zero-order valence-corrected chi connectivity index (χ0v) is 12.6. The van der Waals surface area contributed by atoms with E-state index in [-0.39, 0.29) is 6.04 Å². The highest BCUT2D eigenvalue weighted by molar-refractivity contribution is 7.10. The van der Waals surface area contributed by atoms with Crippen molar-refractivity contribution < 1.29 is 4.74 Å². The second-order valence-electron chi connectivity index (χ2n) is 4.60. The first-order chi connectivity index (χ1) is 9.28. The summed E-state index contributed by atoms with van der Waals surface area (Å²) < 4.78 is 5.26. The van der Waals surface area contributed by atoms with Gasteiger partial charge in [-0.1, -0.05) is 37.6 Å². The van der Waals surface area contributed by atoms with E-state index >= 15 is 0 Å². The maximum absolute atomic E-state index is 5.26. The van der Waals surface area contributed by atoms with E-state index in [1.54, 1.807) is 18.4 Å². The van der Waals surface area contributed by atoms with Gasteiger partial charge in [0.1, 0.15) is 5.75 Å². The molecule has 0 fully saturated rings. The lowest BCUT2D eigenvalue weighted by atomic mass is 10.0. The average molecular weight is 275 g/mol. The SMILES string of the molecule is CCCc1ccc(C(NC)c2cc(OC)cs2)cc1. The van der Waals surface area contributed by atoms with Gasteiger partial charge in [-0.15, -0.1) is 11.3 Å². The molecule has 0 bridgehead atoms. The third kappa shape index (κ3) is 3.37. The molecule has 0 radical (unpaired) electrons. The van der Waals surface area contributed by atoms with E-state index in [1.165, 1.54) is 22.4 Å². The standard InChI is InChI=1S/C16H21NOS/c1-4-5-12-6-8-13(9-7-12)16(17-2)15-10-14(18-3)11-19-15/h6-11,16-17H,4-5H2,1-3H3. The van der Waals surface area contributed by atoms with Crippen molar-refractivity contribution in [1.29, 1.82) is 0 Å². The Bertz CT molecular complexity index is 504. The van der Waals surface area contributed by atoms with Crippen LogP contribution in [-0.4, -0.2) is 14.2 Å². The van der Waals surface area contributed by atoms with Gasteiger partial charge in [0.2, 0.25) is 0 Å². The molecule has 2 rings (SSSR count). The van der Waals surface area contributed by atoms with Crippen LogP contribution in [0.2, 0.25) is 0 Å². The fourth-order valence-corrected chi connectivity index (χ4v) is 3.22. The molecule has 0 aliphatic carbocycles. The predicted octanol–water partition coefficient (Wildman–Crippen LogP) is 4.02. The van der Waals surface area contributed by atoms with Gasteiger partial charge in [-0.05, 0) is 30.7 Å². The Labute approximate surface area is 119 Å². The minimum atomic E-state index is 0.240. The Balaban J connectivity index is 2.21. The van der Waals surface area contributed by atoms with Crippen LogP contribution in [0.1, 0.15) is 35.4 Å². The second-order valence-corrected chi connectivity index (χ2v) is 5.54.